The Labute approximate surface area is 124 Å². The van der Waals surface area contributed by atoms with Crippen LogP contribution in [0.4, 0.5) is 8.78 Å². The minimum absolute atomic E-state index is 0.103. The largest absolute Gasteiger partial charge is 0.300 e. The number of nitrogens with zero attached hydrogens (tertiary/aromatic N) is 1. The van der Waals surface area contributed by atoms with E-state index >= 15 is 0 Å². The first-order valence-corrected chi connectivity index (χ1v) is 8.64. The van der Waals surface area contributed by atoms with Crippen LogP contribution in [0.1, 0.15) is 58.3 Å². The molecule has 0 aromatic carbocycles. The van der Waals surface area contributed by atoms with Gasteiger partial charge < -0.3 is 4.90 Å². The van der Waals surface area contributed by atoms with Gasteiger partial charge in [0.15, 0.2) is 0 Å². The fraction of sp³-hybridized carbons (Fsp3) is 1.00. The van der Waals surface area contributed by atoms with Crippen molar-refractivity contribution < 1.29 is 8.78 Å². The van der Waals surface area contributed by atoms with Crippen molar-refractivity contribution in [2.75, 3.05) is 13.1 Å². The van der Waals surface area contributed by atoms with Gasteiger partial charge in [0.1, 0.15) is 0 Å². The van der Waals surface area contributed by atoms with Crippen LogP contribution in [0.5, 0.6) is 0 Å². The minimum atomic E-state index is -2.41. The highest BCUT2D eigenvalue weighted by Gasteiger charge is 2.37. The monoisotopic (exact) mass is 337 g/mol. The molecule has 112 valence electrons. The molecule has 3 atom stereocenters. The van der Waals surface area contributed by atoms with Crippen LogP contribution in [-0.2, 0) is 0 Å². The maximum Gasteiger partial charge on any atom is 0.248 e. The zero-order valence-corrected chi connectivity index (χ0v) is 13.5. The Balaban J connectivity index is 1.88. The van der Waals surface area contributed by atoms with Crippen LogP contribution >= 0.6 is 15.9 Å². The van der Waals surface area contributed by atoms with Crippen molar-refractivity contribution in [3.05, 3.63) is 0 Å². The first-order valence-electron chi connectivity index (χ1n) is 7.72. The number of hydrogen-bond donors (Lipinski definition) is 0. The summed E-state index contributed by atoms with van der Waals surface area (Å²) in [4.78, 5) is 3.01. The molecule has 3 unspecified atom stereocenters. The predicted octanol–water partition coefficient (Wildman–Crippen LogP) is 4.84. The minimum Gasteiger partial charge on any atom is -0.300 e. The topological polar surface area (TPSA) is 3.24 Å². The first kappa shape index (κ1) is 15.7. The van der Waals surface area contributed by atoms with E-state index < -0.39 is 5.92 Å². The summed E-state index contributed by atoms with van der Waals surface area (Å²) in [5.74, 6) is -2.20. The quantitative estimate of drug-likeness (QED) is 0.663. The second-order valence-electron chi connectivity index (χ2n) is 6.48. The summed E-state index contributed by atoms with van der Waals surface area (Å²) in [5.41, 5.74) is 0. The van der Waals surface area contributed by atoms with E-state index in [9.17, 15) is 8.78 Å². The molecule has 2 rings (SSSR count). The standard InChI is InChI=1S/C15H26BrF2N/c1-12(16)9-14-6-2-3-8-19(14)11-13-5-4-7-15(17,18)10-13/h12-14H,2-11H2,1H3. The van der Waals surface area contributed by atoms with Crippen molar-refractivity contribution in [2.24, 2.45) is 5.92 Å². The second kappa shape index (κ2) is 6.84. The van der Waals surface area contributed by atoms with E-state index in [1.165, 1.54) is 19.3 Å². The lowest BCUT2D eigenvalue weighted by Gasteiger charge is -2.40. The lowest BCUT2D eigenvalue weighted by molar-refractivity contribution is -0.0599. The Morgan fingerprint density at radius 3 is 2.74 bits per heavy atom. The Morgan fingerprint density at radius 2 is 2.05 bits per heavy atom. The van der Waals surface area contributed by atoms with E-state index in [-0.39, 0.29) is 18.8 Å². The molecule has 1 aliphatic heterocycles. The van der Waals surface area contributed by atoms with E-state index in [4.69, 9.17) is 0 Å². The highest BCUT2D eigenvalue weighted by Crippen LogP contribution is 2.37. The Morgan fingerprint density at radius 1 is 1.26 bits per heavy atom. The van der Waals surface area contributed by atoms with Gasteiger partial charge in [-0.05, 0) is 44.6 Å². The second-order valence-corrected chi connectivity index (χ2v) is 8.04. The van der Waals surface area contributed by atoms with Gasteiger partial charge in [0, 0.05) is 30.3 Å². The van der Waals surface area contributed by atoms with Gasteiger partial charge in [-0.15, -0.1) is 0 Å². The summed E-state index contributed by atoms with van der Waals surface area (Å²) in [6, 6.07) is 0.596. The first-order chi connectivity index (χ1) is 8.96. The Hall–Kier alpha value is 0.300. The molecule has 2 aliphatic rings. The third kappa shape index (κ3) is 4.96. The van der Waals surface area contributed by atoms with Crippen molar-refractivity contribution in [3.8, 4) is 0 Å². The number of rotatable bonds is 4. The molecule has 0 N–H and O–H groups in total. The zero-order chi connectivity index (χ0) is 13.9. The van der Waals surface area contributed by atoms with Crippen molar-refractivity contribution in [1.82, 2.24) is 4.90 Å². The smallest absolute Gasteiger partial charge is 0.248 e. The average Bonchev–Trinajstić information content (AvgIpc) is 2.30. The van der Waals surface area contributed by atoms with Gasteiger partial charge in [-0.2, -0.15) is 0 Å². The summed E-state index contributed by atoms with van der Waals surface area (Å²) in [7, 11) is 0. The molecule has 0 amide bonds. The summed E-state index contributed by atoms with van der Waals surface area (Å²) in [6.07, 6.45) is 6.80. The summed E-state index contributed by atoms with van der Waals surface area (Å²) >= 11 is 3.63. The highest BCUT2D eigenvalue weighted by molar-refractivity contribution is 9.09. The van der Waals surface area contributed by atoms with Crippen LogP contribution in [0.25, 0.3) is 0 Å². The molecule has 0 spiro atoms. The lowest BCUT2D eigenvalue weighted by Crippen LogP contribution is -2.44. The number of piperidine rings is 1. The van der Waals surface area contributed by atoms with Crippen molar-refractivity contribution in [3.63, 3.8) is 0 Å². The van der Waals surface area contributed by atoms with Gasteiger partial charge in [-0.1, -0.05) is 29.3 Å². The number of alkyl halides is 3. The van der Waals surface area contributed by atoms with E-state index in [2.05, 4.69) is 27.8 Å². The maximum absolute atomic E-state index is 13.5. The van der Waals surface area contributed by atoms with E-state index in [1.54, 1.807) is 0 Å². The Kier molecular flexibility index (Phi) is 5.65. The number of halogens is 3. The molecule has 1 aliphatic carbocycles. The molecule has 2 fully saturated rings. The van der Waals surface area contributed by atoms with Crippen LogP contribution in [-0.4, -0.2) is 34.8 Å². The van der Waals surface area contributed by atoms with Crippen molar-refractivity contribution in [2.45, 2.75) is 75.1 Å². The van der Waals surface area contributed by atoms with Gasteiger partial charge in [0.25, 0.3) is 0 Å². The van der Waals surface area contributed by atoms with Crippen LogP contribution in [0.2, 0.25) is 0 Å². The molecule has 0 bridgehead atoms. The molecule has 4 heteroatoms. The SMILES string of the molecule is CC(Br)CC1CCCCN1CC1CCCC(F)(F)C1. The molecule has 0 aromatic heterocycles. The molecule has 0 radical (unpaired) electrons. The molecule has 0 aromatic rings. The van der Waals surface area contributed by atoms with Gasteiger partial charge in [0.05, 0.1) is 0 Å². The van der Waals surface area contributed by atoms with Crippen LogP contribution in [0.15, 0.2) is 0 Å². The summed E-state index contributed by atoms with van der Waals surface area (Å²) in [6.45, 7) is 4.17. The summed E-state index contributed by atoms with van der Waals surface area (Å²) in [5, 5.41) is 0. The maximum atomic E-state index is 13.5. The summed E-state index contributed by atoms with van der Waals surface area (Å²) < 4.78 is 27.0. The number of likely N-dealkylation sites (tertiary alicyclic amines) is 1. The van der Waals surface area contributed by atoms with Crippen LogP contribution in [0, 0.1) is 5.92 Å². The highest BCUT2D eigenvalue weighted by atomic mass is 79.9. The van der Waals surface area contributed by atoms with E-state index in [1.807, 2.05) is 0 Å². The molecular weight excluding hydrogens is 312 g/mol. The van der Waals surface area contributed by atoms with Gasteiger partial charge >= 0.3 is 0 Å². The van der Waals surface area contributed by atoms with Gasteiger partial charge in [0.2, 0.25) is 5.92 Å². The van der Waals surface area contributed by atoms with Crippen LogP contribution < -0.4 is 0 Å². The van der Waals surface area contributed by atoms with Crippen molar-refractivity contribution >= 4 is 15.9 Å². The Bertz CT molecular complexity index is 283. The lowest BCUT2D eigenvalue weighted by atomic mass is 9.85. The van der Waals surface area contributed by atoms with E-state index in [0.717, 1.165) is 25.9 Å². The van der Waals surface area contributed by atoms with Gasteiger partial charge in [-0.25, -0.2) is 8.78 Å². The molecule has 19 heavy (non-hydrogen) atoms. The zero-order valence-electron chi connectivity index (χ0n) is 11.9. The molecule has 1 nitrogen and oxygen atoms in total. The number of hydrogen-bond acceptors (Lipinski definition) is 1. The molecule has 1 heterocycles. The normalized spacial score (nSPS) is 34.1. The fourth-order valence-corrected chi connectivity index (χ4v) is 4.14. The predicted molar refractivity (Wildman–Crippen MR) is 79.1 cm³/mol. The molecular formula is C15H26BrF2N. The third-order valence-corrected chi connectivity index (χ3v) is 4.95. The third-order valence-electron chi connectivity index (χ3n) is 4.58. The van der Waals surface area contributed by atoms with Crippen LogP contribution in [0.3, 0.4) is 0 Å². The van der Waals surface area contributed by atoms with E-state index in [0.29, 0.717) is 17.3 Å². The van der Waals surface area contributed by atoms with Crippen molar-refractivity contribution in [1.29, 1.82) is 0 Å². The fourth-order valence-electron chi connectivity index (χ4n) is 3.71. The van der Waals surface area contributed by atoms with Gasteiger partial charge in [-0.3, -0.25) is 0 Å². The molecule has 1 saturated heterocycles. The molecule has 1 saturated carbocycles. The average molecular weight is 338 g/mol.